The quantitative estimate of drug-likeness (QED) is 0.863. The molecule has 0 aliphatic rings. The second-order valence-corrected chi connectivity index (χ2v) is 6.99. The maximum absolute atomic E-state index is 12.4. The molecule has 0 fully saturated rings. The summed E-state index contributed by atoms with van der Waals surface area (Å²) in [6.07, 6.45) is 1.47. The van der Waals surface area contributed by atoms with Gasteiger partial charge in [0.15, 0.2) is 0 Å². The van der Waals surface area contributed by atoms with Crippen LogP contribution in [-0.2, 0) is 22.4 Å². The van der Waals surface area contributed by atoms with Crippen molar-refractivity contribution < 1.29 is 8.42 Å². The van der Waals surface area contributed by atoms with Crippen molar-refractivity contribution in [3.05, 3.63) is 53.3 Å². The Bertz CT molecular complexity index is 695. The van der Waals surface area contributed by atoms with Gasteiger partial charge in [-0.2, -0.15) is 4.31 Å². The van der Waals surface area contributed by atoms with Crippen molar-refractivity contribution in [3.63, 3.8) is 0 Å². The standard InChI is InChI=1S/C14H17ClN2O2S/c1-11-5-3-4-6-12(11)10-17(2)20(18,19)14-7-13(8-15)16-9-14/h3-7,9,16H,8,10H2,1-2H3. The number of halogens is 1. The van der Waals surface area contributed by atoms with E-state index in [1.54, 1.807) is 13.1 Å². The van der Waals surface area contributed by atoms with Crippen molar-refractivity contribution in [1.82, 2.24) is 9.29 Å². The van der Waals surface area contributed by atoms with Gasteiger partial charge in [-0.25, -0.2) is 8.42 Å². The van der Waals surface area contributed by atoms with E-state index in [1.807, 2.05) is 31.2 Å². The first kappa shape index (κ1) is 15.1. The summed E-state index contributed by atoms with van der Waals surface area (Å²) in [7, 11) is -1.92. The van der Waals surface area contributed by atoms with Gasteiger partial charge >= 0.3 is 0 Å². The van der Waals surface area contributed by atoms with Crippen LogP contribution in [0.4, 0.5) is 0 Å². The SMILES string of the molecule is Cc1ccccc1CN(C)S(=O)(=O)c1c[nH]c(CCl)c1. The number of hydrogen-bond acceptors (Lipinski definition) is 2. The van der Waals surface area contributed by atoms with Crippen molar-refractivity contribution >= 4 is 21.6 Å². The molecule has 0 radical (unpaired) electrons. The van der Waals surface area contributed by atoms with Crippen LogP contribution in [0.3, 0.4) is 0 Å². The third-order valence-electron chi connectivity index (χ3n) is 3.22. The van der Waals surface area contributed by atoms with Crippen molar-refractivity contribution in [2.45, 2.75) is 24.2 Å². The molecule has 1 aromatic carbocycles. The van der Waals surface area contributed by atoms with Gasteiger partial charge in [0.2, 0.25) is 10.0 Å². The number of aryl methyl sites for hydroxylation is 1. The van der Waals surface area contributed by atoms with Crippen molar-refractivity contribution in [2.24, 2.45) is 0 Å². The van der Waals surface area contributed by atoms with Gasteiger partial charge in [0.05, 0.1) is 10.8 Å². The van der Waals surface area contributed by atoms with Crippen molar-refractivity contribution in [2.75, 3.05) is 7.05 Å². The monoisotopic (exact) mass is 312 g/mol. The van der Waals surface area contributed by atoms with Crippen LogP contribution in [0, 0.1) is 6.92 Å². The summed E-state index contributed by atoms with van der Waals surface area (Å²) < 4.78 is 26.2. The number of alkyl halides is 1. The maximum atomic E-state index is 12.4. The largest absolute Gasteiger partial charge is 0.363 e. The summed E-state index contributed by atoms with van der Waals surface area (Å²) in [6.45, 7) is 2.31. The van der Waals surface area contributed by atoms with Gasteiger partial charge in [-0.15, -0.1) is 11.6 Å². The third kappa shape index (κ3) is 3.06. The van der Waals surface area contributed by atoms with Crippen molar-refractivity contribution in [3.8, 4) is 0 Å². The van der Waals surface area contributed by atoms with Gasteiger partial charge < -0.3 is 4.98 Å². The molecule has 0 atom stereocenters. The minimum absolute atomic E-state index is 0.240. The first-order valence-corrected chi connectivity index (χ1v) is 8.16. The van der Waals surface area contributed by atoms with E-state index < -0.39 is 10.0 Å². The molecular formula is C14H17ClN2O2S. The third-order valence-corrected chi connectivity index (χ3v) is 5.29. The van der Waals surface area contributed by atoms with E-state index in [9.17, 15) is 8.42 Å². The fourth-order valence-corrected chi connectivity index (χ4v) is 3.26. The molecule has 0 aliphatic carbocycles. The molecule has 0 unspecified atom stereocenters. The van der Waals surface area contributed by atoms with E-state index in [-0.39, 0.29) is 10.8 Å². The molecule has 0 bridgehead atoms. The van der Waals surface area contributed by atoms with Crippen LogP contribution in [0.1, 0.15) is 16.8 Å². The zero-order chi connectivity index (χ0) is 14.8. The Balaban J connectivity index is 2.23. The second-order valence-electron chi connectivity index (χ2n) is 4.68. The molecule has 1 aromatic heterocycles. The summed E-state index contributed by atoms with van der Waals surface area (Å²) in [5, 5.41) is 0. The lowest BCUT2D eigenvalue weighted by atomic mass is 10.1. The van der Waals surface area contributed by atoms with Gasteiger partial charge in [0.1, 0.15) is 0 Å². The lowest BCUT2D eigenvalue weighted by Crippen LogP contribution is -2.26. The van der Waals surface area contributed by atoms with Gasteiger partial charge in [-0.05, 0) is 24.1 Å². The average molecular weight is 313 g/mol. The zero-order valence-corrected chi connectivity index (χ0v) is 13.0. The number of rotatable bonds is 5. The van der Waals surface area contributed by atoms with E-state index in [2.05, 4.69) is 4.98 Å². The molecule has 1 heterocycles. The Kier molecular flexibility index (Phi) is 4.52. The van der Waals surface area contributed by atoms with Crippen LogP contribution >= 0.6 is 11.6 Å². The molecule has 6 heteroatoms. The molecule has 4 nitrogen and oxygen atoms in total. The molecule has 0 saturated heterocycles. The maximum Gasteiger partial charge on any atom is 0.244 e. The van der Waals surface area contributed by atoms with Crippen LogP contribution in [0.2, 0.25) is 0 Å². The molecule has 108 valence electrons. The van der Waals surface area contributed by atoms with Crippen LogP contribution < -0.4 is 0 Å². The van der Waals surface area contributed by atoms with E-state index in [0.29, 0.717) is 12.2 Å². The Hall–Kier alpha value is -1.30. The second kappa shape index (κ2) is 5.99. The highest BCUT2D eigenvalue weighted by Gasteiger charge is 2.22. The number of benzene rings is 1. The van der Waals surface area contributed by atoms with E-state index in [4.69, 9.17) is 11.6 Å². The summed E-state index contributed by atoms with van der Waals surface area (Å²) in [5.74, 6) is 0.261. The number of aromatic amines is 1. The summed E-state index contributed by atoms with van der Waals surface area (Å²) in [5.41, 5.74) is 2.76. The normalized spacial score (nSPS) is 12.0. The predicted octanol–water partition coefficient (Wildman–Crippen LogP) is 2.88. The van der Waals surface area contributed by atoms with Crippen LogP contribution in [0.5, 0.6) is 0 Å². The van der Waals surface area contributed by atoms with Crippen LogP contribution in [0.15, 0.2) is 41.4 Å². The summed E-state index contributed by atoms with van der Waals surface area (Å²) >= 11 is 5.68. The first-order chi connectivity index (χ1) is 9.45. The highest BCUT2D eigenvalue weighted by molar-refractivity contribution is 7.89. The summed E-state index contributed by atoms with van der Waals surface area (Å²) in [6, 6.07) is 9.31. The van der Waals surface area contributed by atoms with E-state index in [1.165, 1.54) is 10.5 Å². The topological polar surface area (TPSA) is 53.2 Å². The molecular weight excluding hydrogens is 296 g/mol. The molecule has 0 spiro atoms. The number of nitrogens with one attached hydrogen (secondary N) is 1. The van der Waals surface area contributed by atoms with Crippen LogP contribution in [0.25, 0.3) is 0 Å². The zero-order valence-electron chi connectivity index (χ0n) is 11.4. The van der Waals surface area contributed by atoms with Gasteiger partial charge in [0.25, 0.3) is 0 Å². The highest BCUT2D eigenvalue weighted by Crippen LogP contribution is 2.19. The molecule has 0 amide bonds. The Labute approximate surface area is 124 Å². The smallest absolute Gasteiger partial charge is 0.244 e. The van der Waals surface area contributed by atoms with Crippen molar-refractivity contribution in [1.29, 1.82) is 0 Å². The average Bonchev–Trinajstić information content (AvgIpc) is 2.90. The molecule has 2 rings (SSSR count). The number of aromatic nitrogens is 1. The molecule has 20 heavy (non-hydrogen) atoms. The minimum Gasteiger partial charge on any atom is -0.363 e. The van der Waals surface area contributed by atoms with Gasteiger partial charge in [-0.1, -0.05) is 24.3 Å². The number of hydrogen-bond donors (Lipinski definition) is 1. The lowest BCUT2D eigenvalue weighted by Gasteiger charge is -2.17. The first-order valence-electron chi connectivity index (χ1n) is 6.19. The molecule has 2 aromatic rings. The number of H-pyrrole nitrogens is 1. The Morgan fingerprint density at radius 1 is 1.30 bits per heavy atom. The number of sulfonamides is 1. The van der Waals surface area contributed by atoms with Gasteiger partial charge in [0, 0.05) is 25.5 Å². The molecule has 0 aliphatic heterocycles. The Morgan fingerprint density at radius 3 is 2.60 bits per heavy atom. The minimum atomic E-state index is -3.50. The molecule has 1 N–H and O–H groups in total. The van der Waals surface area contributed by atoms with Gasteiger partial charge in [-0.3, -0.25) is 0 Å². The summed E-state index contributed by atoms with van der Waals surface area (Å²) in [4.78, 5) is 3.09. The van der Waals surface area contributed by atoms with E-state index >= 15 is 0 Å². The Morgan fingerprint density at radius 2 is 2.00 bits per heavy atom. The number of nitrogens with zero attached hydrogens (tertiary/aromatic N) is 1. The predicted molar refractivity (Wildman–Crippen MR) is 80.2 cm³/mol. The highest BCUT2D eigenvalue weighted by atomic mass is 35.5. The van der Waals surface area contributed by atoms with E-state index in [0.717, 1.165) is 11.1 Å². The fraction of sp³-hybridized carbons (Fsp3) is 0.286. The fourth-order valence-electron chi connectivity index (χ4n) is 1.94. The lowest BCUT2D eigenvalue weighted by molar-refractivity contribution is 0.466. The molecule has 0 saturated carbocycles. The van der Waals surface area contributed by atoms with Crippen LogP contribution in [-0.4, -0.2) is 24.8 Å².